The van der Waals surface area contributed by atoms with E-state index in [9.17, 15) is 8.78 Å². The monoisotopic (exact) mass is 359 g/mol. The average molecular weight is 361 g/mol. The van der Waals surface area contributed by atoms with E-state index in [2.05, 4.69) is 21.2 Å². The Morgan fingerprint density at radius 3 is 2.65 bits per heavy atom. The smallest absolute Gasteiger partial charge is 0.145 e. The molecule has 2 aromatic rings. The Bertz CT molecular complexity index is 599. The Hall–Kier alpha value is -0.970. The van der Waals surface area contributed by atoms with Gasteiger partial charge in [0.15, 0.2) is 0 Å². The Labute approximate surface area is 130 Å². The zero-order valence-corrected chi connectivity index (χ0v) is 13.1. The van der Waals surface area contributed by atoms with Crippen molar-refractivity contribution in [2.45, 2.75) is 12.5 Å². The molecule has 2 rings (SSSR count). The summed E-state index contributed by atoms with van der Waals surface area (Å²) in [5.41, 5.74) is 1.25. The van der Waals surface area contributed by atoms with Crippen LogP contribution in [-0.4, -0.2) is 7.05 Å². The number of nitrogens with one attached hydrogen (secondary N) is 1. The van der Waals surface area contributed by atoms with E-state index in [0.29, 0.717) is 16.5 Å². The highest BCUT2D eigenvalue weighted by Crippen LogP contribution is 2.26. The summed E-state index contributed by atoms with van der Waals surface area (Å²) in [5, 5.41) is 3.17. The topological polar surface area (TPSA) is 12.0 Å². The lowest BCUT2D eigenvalue weighted by Crippen LogP contribution is -2.19. The number of hydrogen-bond acceptors (Lipinski definition) is 1. The Morgan fingerprint density at radius 2 is 2.00 bits per heavy atom. The molecule has 0 fully saturated rings. The van der Waals surface area contributed by atoms with Gasteiger partial charge in [0.2, 0.25) is 0 Å². The van der Waals surface area contributed by atoms with E-state index in [4.69, 9.17) is 11.6 Å². The van der Waals surface area contributed by atoms with Gasteiger partial charge in [-0.3, -0.25) is 0 Å². The molecule has 0 spiro atoms. The van der Waals surface area contributed by atoms with Gasteiger partial charge in [0, 0.05) is 10.5 Å². The van der Waals surface area contributed by atoms with Gasteiger partial charge >= 0.3 is 0 Å². The first-order chi connectivity index (χ1) is 9.51. The zero-order chi connectivity index (χ0) is 14.7. The first kappa shape index (κ1) is 15.4. The Morgan fingerprint density at radius 1 is 1.25 bits per heavy atom. The van der Waals surface area contributed by atoms with Crippen LogP contribution < -0.4 is 5.32 Å². The van der Waals surface area contributed by atoms with Crippen molar-refractivity contribution < 1.29 is 8.78 Å². The molecule has 0 saturated heterocycles. The fourth-order valence-corrected chi connectivity index (χ4v) is 2.77. The van der Waals surface area contributed by atoms with Gasteiger partial charge in [0.25, 0.3) is 0 Å². The summed E-state index contributed by atoms with van der Waals surface area (Å²) in [6.45, 7) is 0. The van der Waals surface area contributed by atoms with E-state index in [1.165, 1.54) is 18.2 Å². The molecule has 0 aliphatic heterocycles. The molecule has 0 amide bonds. The third-order valence-corrected chi connectivity index (χ3v) is 3.84. The van der Waals surface area contributed by atoms with Crippen LogP contribution in [0.2, 0.25) is 5.02 Å². The minimum atomic E-state index is -0.426. The normalized spacial score (nSPS) is 12.4. The molecule has 0 aliphatic rings. The van der Waals surface area contributed by atoms with E-state index in [-0.39, 0.29) is 16.9 Å². The zero-order valence-electron chi connectivity index (χ0n) is 10.8. The summed E-state index contributed by atoms with van der Waals surface area (Å²) in [7, 11) is 1.76. The summed E-state index contributed by atoms with van der Waals surface area (Å²) in [6.07, 6.45) is 0.388. The summed E-state index contributed by atoms with van der Waals surface area (Å²) < 4.78 is 28.0. The van der Waals surface area contributed by atoms with Gasteiger partial charge in [-0.2, -0.15) is 0 Å². The summed E-state index contributed by atoms with van der Waals surface area (Å²) in [5.74, 6) is -0.758. The first-order valence-electron chi connectivity index (χ1n) is 6.07. The minimum absolute atomic E-state index is 0.0952. The van der Waals surface area contributed by atoms with E-state index in [1.54, 1.807) is 19.2 Å². The Kier molecular flexibility index (Phi) is 5.13. The molecule has 0 heterocycles. The van der Waals surface area contributed by atoms with Crippen molar-refractivity contribution in [3.8, 4) is 0 Å². The molecule has 0 saturated carbocycles. The van der Waals surface area contributed by atoms with Crippen LogP contribution in [0.3, 0.4) is 0 Å². The lowest BCUT2D eigenvalue weighted by molar-refractivity contribution is 0.549. The predicted octanol–water partition coefficient (Wildman–Crippen LogP) is 4.88. The molecule has 0 aromatic heterocycles. The first-order valence-corrected chi connectivity index (χ1v) is 7.24. The van der Waals surface area contributed by atoms with E-state index in [1.807, 2.05) is 6.07 Å². The van der Waals surface area contributed by atoms with Gasteiger partial charge < -0.3 is 5.32 Å². The van der Waals surface area contributed by atoms with Crippen molar-refractivity contribution in [1.29, 1.82) is 0 Å². The van der Waals surface area contributed by atoms with E-state index < -0.39 is 5.82 Å². The maximum atomic E-state index is 13.9. The van der Waals surface area contributed by atoms with Crippen molar-refractivity contribution >= 4 is 27.5 Å². The van der Waals surface area contributed by atoms with Gasteiger partial charge in [0.1, 0.15) is 11.6 Å². The molecule has 0 bridgehead atoms. The lowest BCUT2D eigenvalue weighted by Gasteiger charge is -2.18. The van der Waals surface area contributed by atoms with Gasteiger partial charge in [-0.1, -0.05) is 39.7 Å². The molecule has 0 radical (unpaired) electrons. The molecule has 106 valence electrons. The average Bonchev–Trinajstić information content (AvgIpc) is 2.39. The van der Waals surface area contributed by atoms with Gasteiger partial charge in [-0.25, -0.2) is 8.78 Å². The maximum absolute atomic E-state index is 13.9. The molecule has 1 N–H and O–H groups in total. The summed E-state index contributed by atoms with van der Waals surface area (Å²) in [4.78, 5) is 0. The molecule has 1 nitrogen and oxygen atoms in total. The van der Waals surface area contributed by atoms with Crippen molar-refractivity contribution in [3.63, 3.8) is 0 Å². The number of likely N-dealkylation sites (N-methyl/N-ethyl adjacent to an activating group) is 1. The van der Waals surface area contributed by atoms with Crippen LogP contribution in [-0.2, 0) is 6.42 Å². The van der Waals surface area contributed by atoms with Crippen LogP contribution in [0.4, 0.5) is 8.78 Å². The number of hydrogen-bond donors (Lipinski definition) is 1. The van der Waals surface area contributed by atoms with Crippen LogP contribution in [0.15, 0.2) is 40.9 Å². The van der Waals surface area contributed by atoms with Crippen LogP contribution in [0.1, 0.15) is 17.2 Å². The number of rotatable bonds is 4. The summed E-state index contributed by atoms with van der Waals surface area (Å²) >= 11 is 9.03. The molecule has 2 aromatic carbocycles. The second-order valence-electron chi connectivity index (χ2n) is 4.46. The fourth-order valence-electron chi connectivity index (χ4n) is 2.09. The minimum Gasteiger partial charge on any atom is -0.313 e. The molecule has 5 heteroatoms. The van der Waals surface area contributed by atoms with Crippen molar-refractivity contribution in [3.05, 3.63) is 68.7 Å². The largest absolute Gasteiger partial charge is 0.313 e. The van der Waals surface area contributed by atoms with E-state index >= 15 is 0 Å². The molecule has 1 atom stereocenters. The van der Waals surface area contributed by atoms with Crippen molar-refractivity contribution in [2.24, 2.45) is 0 Å². The van der Waals surface area contributed by atoms with E-state index in [0.717, 1.165) is 5.56 Å². The fraction of sp³-hybridized carbons (Fsp3) is 0.200. The second kappa shape index (κ2) is 6.66. The van der Waals surface area contributed by atoms with Gasteiger partial charge in [0.05, 0.1) is 5.02 Å². The third-order valence-electron chi connectivity index (χ3n) is 3.09. The maximum Gasteiger partial charge on any atom is 0.145 e. The molecule has 1 unspecified atom stereocenters. The van der Waals surface area contributed by atoms with Crippen LogP contribution in [0.5, 0.6) is 0 Å². The molecule has 0 aliphatic carbocycles. The quantitative estimate of drug-likeness (QED) is 0.819. The summed E-state index contributed by atoms with van der Waals surface area (Å²) in [6, 6.07) is 9.33. The third kappa shape index (κ3) is 3.57. The van der Waals surface area contributed by atoms with Gasteiger partial charge in [-0.15, -0.1) is 0 Å². The Balaban J connectivity index is 2.31. The van der Waals surface area contributed by atoms with Crippen LogP contribution in [0, 0.1) is 11.6 Å². The highest BCUT2D eigenvalue weighted by Gasteiger charge is 2.15. The number of halogens is 4. The lowest BCUT2D eigenvalue weighted by atomic mass is 9.98. The molecular formula is C15H13BrClF2N. The van der Waals surface area contributed by atoms with Crippen LogP contribution in [0.25, 0.3) is 0 Å². The standard InChI is InChI=1S/C15H13BrClF2N/c1-20-14(10-5-11(16)8-12(18)6-10)7-9-3-2-4-13(17)15(9)19/h2-6,8,14,20H,7H2,1H3. The van der Waals surface area contributed by atoms with Gasteiger partial charge in [-0.05, 0) is 48.9 Å². The van der Waals surface area contributed by atoms with Crippen LogP contribution >= 0.6 is 27.5 Å². The number of benzene rings is 2. The highest BCUT2D eigenvalue weighted by atomic mass is 79.9. The SMILES string of the molecule is CNC(Cc1cccc(Cl)c1F)c1cc(F)cc(Br)c1. The predicted molar refractivity (Wildman–Crippen MR) is 81.0 cm³/mol. The molecular weight excluding hydrogens is 348 g/mol. The highest BCUT2D eigenvalue weighted by molar-refractivity contribution is 9.10. The van der Waals surface area contributed by atoms with Crippen molar-refractivity contribution in [1.82, 2.24) is 5.32 Å². The molecule has 20 heavy (non-hydrogen) atoms. The van der Waals surface area contributed by atoms with Crippen molar-refractivity contribution in [2.75, 3.05) is 7.05 Å². The second-order valence-corrected chi connectivity index (χ2v) is 5.78.